The number of nitrogens with one attached hydrogen (secondary N) is 1. The van der Waals surface area contributed by atoms with Crippen LogP contribution >= 0.6 is 15.9 Å². The lowest BCUT2D eigenvalue weighted by atomic mass is 9.69. The summed E-state index contributed by atoms with van der Waals surface area (Å²) in [6, 6.07) is 5.35. The van der Waals surface area contributed by atoms with Gasteiger partial charge in [0.1, 0.15) is 5.82 Å². The third-order valence-corrected chi connectivity index (χ3v) is 4.81. The fourth-order valence-corrected chi connectivity index (χ4v) is 3.61. The molecule has 1 saturated carbocycles. The van der Waals surface area contributed by atoms with E-state index in [2.05, 4.69) is 42.0 Å². The molecule has 2 atom stereocenters. The predicted molar refractivity (Wildman–Crippen MR) is 82.9 cm³/mol. The van der Waals surface area contributed by atoms with Gasteiger partial charge in [-0.1, -0.05) is 33.6 Å². The minimum absolute atomic E-state index is 0.201. The highest BCUT2D eigenvalue weighted by Crippen LogP contribution is 2.40. The Morgan fingerprint density at radius 3 is 2.53 bits per heavy atom. The average molecular weight is 328 g/mol. The van der Waals surface area contributed by atoms with Crippen molar-refractivity contribution in [2.24, 2.45) is 11.3 Å². The molecule has 1 aromatic rings. The van der Waals surface area contributed by atoms with Gasteiger partial charge in [0.15, 0.2) is 0 Å². The molecule has 0 radical (unpaired) electrons. The Labute approximate surface area is 124 Å². The summed E-state index contributed by atoms with van der Waals surface area (Å²) in [5, 5.41) is 3.62. The maximum atomic E-state index is 13.1. The maximum Gasteiger partial charge on any atom is 0.124 e. The van der Waals surface area contributed by atoms with Gasteiger partial charge in [0.05, 0.1) is 0 Å². The van der Waals surface area contributed by atoms with E-state index in [0.717, 1.165) is 10.2 Å². The topological polar surface area (TPSA) is 12.0 Å². The van der Waals surface area contributed by atoms with E-state index in [1.807, 2.05) is 6.07 Å². The van der Waals surface area contributed by atoms with Crippen LogP contribution in [0.4, 0.5) is 10.1 Å². The molecule has 0 aromatic heterocycles. The van der Waals surface area contributed by atoms with Crippen LogP contribution in [0, 0.1) is 17.2 Å². The summed E-state index contributed by atoms with van der Waals surface area (Å²) < 4.78 is 13.9. The van der Waals surface area contributed by atoms with E-state index < -0.39 is 0 Å². The number of hydrogen-bond acceptors (Lipinski definition) is 1. The lowest BCUT2D eigenvalue weighted by Crippen LogP contribution is -2.39. The van der Waals surface area contributed by atoms with Crippen molar-refractivity contribution < 1.29 is 4.39 Å². The predicted octanol–water partition coefficient (Wildman–Crippen LogP) is 5.61. The first-order valence-corrected chi connectivity index (χ1v) is 7.89. The lowest BCUT2D eigenvalue weighted by molar-refractivity contribution is 0.163. The summed E-state index contributed by atoms with van der Waals surface area (Å²) in [7, 11) is 0. The van der Waals surface area contributed by atoms with Gasteiger partial charge in [-0.05, 0) is 58.3 Å². The normalized spacial score (nSPS) is 24.3. The Morgan fingerprint density at radius 1 is 1.21 bits per heavy atom. The van der Waals surface area contributed by atoms with E-state index in [9.17, 15) is 4.39 Å². The number of rotatable bonds is 2. The third-order valence-electron chi connectivity index (χ3n) is 4.15. The molecule has 106 valence electrons. The second-order valence-electron chi connectivity index (χ2n) is 6.63. The van der Waals surface area contributed by atoms with Crippen LogP contribution in [-0.2, 0) is 0 Å². The summed E-state index contributed by atoms with van der Waals surface area (Å²) >= 11 is 3.44. The summed E-state index contributed by atoms with van der Waals surface area (Å²) in [4.78, 5) is 0. The van der Waals surface area contributed by atoms with Crippen molar-refractivity contribution >= 4 is 21.6 Å². The highest BCUT2D eigenvalue weighted by Gasteiger charge is 2.34. The molecule has 0 spiro atoms. The van der Waals surface area contributed by atoms with Crippen molar-refractivity contribution in [1.29, 1.82) is 0 Å². The van der Waals surface area contributed by atoms with Gasteiger partial charge in [-0.2, -0.15) is 0 Å². The highest BCUT2D eigenvalue weighted by atomic mass is 79.9. The number of anilines is 1. The molecule has 2 unspecified atom stereocenters. The molecule has 1 nitrogen and oxygen atoms in total. The molecule has 1 aliphatic carbocycles. The fourth-order valence-electron chi connectivity index (χ4n) is 3.15. The molecule has 1 aromatic carbocycles. The second kappa shape index (κ2) is 5.82. The number of hydrogen-bond donors (Lipinski definition) is 1. The van der Waals surface area contributed by atoms with Crippen molar-refractivity contribution in [3.63, 3.8) is 0 Å². The van der Waals surface area contributed by atoms with Crippen LogP contribution in [0.1, 0.15) is 46.5 Å². The minimum atomic E-state index is -0.201. The SMILES string of the molecule is CC(C)(C)C1CCCCC1Nc1ccc(F)cc1Br. The van der Waals surface area contributed by atoms with Crippen LogP contribution in [0.5, 0.6) is 0 Å². The molecular formula is C16H23BrFN. The van der Waals surface area contributed by atoms with Gasteiger partial charge in [-0.15, -0.1) is 0 Å². The largest absolute Gasteiger partial charge is 0.381 e. The molecule has 3 heteroatoms. The van der Waals surface area contributed by atoms with Gasteiger partial charge in [-0.3, -0.25) is 0 Å². The summed E-state index contributed by atoms with van der Waals surface area (Å²) in [6.07, 6.45) is 5.08. The van der Waals surface area contributed by atoms with Gasteiger partial charge in [0, 0.05) is 16.2 Å². The van der Waals surface area contributed by atoms with Gasteiger partial charge in [-0.25, -0.2) is 4.39 Å². The Bertz CT molecular complexity index is 439. The zero-order chi connectivity index (χ0) is 14.0. The monoisotopic (exact) mass is 327 g/mol. The Balaban J connectivity index is 2.15. The van der Waals surface area contributed by atoms with E-state index in [4.69, 9.17) is 0 Å². The van der Waals surface area contributed by atoms with Gasteiger partial charge < -0.3 is 5.32 Å². The van der Waals surface area contributed by atoms with Crippen molar-refractivity contribution in [3.8, 4) is 0 Å². The number of benzene rings is 1. The van der Waals surface area contributed by atoms with E-state index in [-0.39, 0.29) is 5.82 Å². The lowest BCUT2D eigenvalue weighted by Gasteiger charge is -2.41. The van der Waals surface area contributed by atoms with Crippen LogP contribution in [0.25, 0.3) is 0 Å². The molecule has 1 N–H and O–H groups in total. The Morgan fingerprint density at radius 2 is 1.89 bits per heavy atom. The number of halogens is 2. The quantitative estimate of drug-likeness (QED) is 0.744. The van der Waals surface area contributed by atoms with Gasteiger partial charge in [0.25, 0.3) is 0 Å². The molecular weight excluding hydrogens is 305 g/mol. The molecule has 1 fully saturated rings. The third kappa shape index (κ3) is 3.71. The van der Waals surface area contributed by atoms with Crippen molar-refractivity contribution in [2.75, 3.05) is 5.32 Å². The summed E-state index contributed by atoms with van der Waals surface area (Å²) in [6.45, 7) is 6.95. The van der Waals surface area contributed by atoms with Gasteiger partial charge >= 0.3 is 0 Å². The first-order chi connectivity index (χ1) is 8.88. The molecule has 1 aliphatic rings. The van der Waals surface area contributed by atoms with E-state index >= 15 is 0 Å². The fraction of sp³-hybridized carbons (Fsp3) is 0.625. The van der Waals surface area contributed by atoms with E-state index in [1.54, 1.807) is 0 Å². The standard InChI is InChI=1S/C16H23BrFN/c1-16(2,3)12-6-4-5-7-14(12)19-15-9-8-11(18)10-13(15)17/h8-10,12,14,19H,4-7H2,1-3H3. The smallest absolute Gasteiger partial charge is 0.124 e. The van der Waals surface area contributed by atoms with Gasteiger partial charge in [0.2, 0.25) is 0 Å². The van der Waals surface area contributed by atoms with Crippen LogP contribution in [0.2, 0.25) is 0 Å². The zero-order valence-electron chi connectivity index (χ0n) is 12.0. The average Bonchev–Trinajstić information content (AvgIpc) is 2.32. The molecule has 0 saturated heterocycles. The minimum Gasteiger partial charge on any atom is -0.381 e. The molecule has 0 bridgehead atoms. The molecule has 0 aliphatic heterocycles. The van der Waals surface area contributed by atoms with E-state index in [1.165, 1.54) is 37.8 Å². The van der Waals surface area contributed by atoms with Crippen molar-refractivity contribution in [2.45, 2.75) is 52.5 Å². The molecule has 0 heterocycles. The Kier molecular flexibility index (Phi) is 4.54. The van der Waals surface area contributed by atoms with Crippen LogP contribution < -0.4 is 5.32 Å². The highest BCUT2D eigenvalue weighted by molar-refractivity contribution is 9.10. The molecule has 2 rings (SSSR count). The zero-order valence-corrected chi connectivity index (χ0v) is 13.6. The van der Waals surface area contributed by atoms with Crippen LogP contribution in [-0.4, -0.2) is 6.04 Å². The van der Waals surface area contributed by atoms with Crippen LogP contribution in [0.15, 0.2) is 22.7 Å². The summed E-state index contributed by atoms with van der Waals surface area (Å²) in [5.74, 6) is 0.464. The maximum absolute atomic E-state index is 13.1. The van der Waals surface area contributed by atoms with E-state index in [0.29, 0.717) is 17.4 Å². The molecule has 0 amide bonds. The van der Waals surface area contributed by atoms with Crippen molar-refractivity contribution in [1.82, 2.24) is 0 Å². The van der Waals surface area contributed by atoms with Crippen LogP contribution in [0.3, 0.4) is 0 Å². The first kappa shape index (κ1) is 14.8. The summed E-state index contributed by atoms with van der Waals surface area (Å²) in [5.41, 5.74) is 1.31. The first-order valence-electron chi connectivity index (χ1n) is 7.09. The molecule has 19 heavy (non-hydrogen) atoms. The van der Waals surface area contributed by atoms with Crippen molar-refractivity contribution in [3.05, 3.63) is 28.5 Å². The second-order valence-corrected chi connectivity index (χ2v) is 7.49. The Hall–Kier alpha value is -0.570.